The van der Waals surface area contributed by atoms with Crippen molar-refractivity contribution in [1.29, 1.82) is 0 Å². The van der Waals surface area contributed by atoms with Crippen LogP contribution in [0.4, 0.5) is 0 Å². The Balaban J connectivity index is 1.38. The number of hydrogen-bond acceptors (Lipinski definition) is 2. The smallest absolute Gasteiger partial charge is 0.257 e. The van der Waals surface area contributed by atoms with Crippen LogP contribution in [0, 0.1) is 0 Å². The van der Waals surface area contributed by atoms with Crippen molar-refractivity contribution in [3.63, 3.8) is 0 Å². The Hall–Kier alpha value is -2.46. The highest BCUT2D eigenvalue weighted by Crippen LogP contribution is 2.16. The average Bonchev–Trinajstić information content (AvgIpc) is 3.01. The largest absolute Gasteiger partial charge is 0.484 e. The normalized spacial score (nSPS) is 10.7. The zero-order valence-corrected chi connectivity index (χ0v) is 14.0. The van der Waals surface area contributed by atoms with Crippen LogP contribution in [0.3, 0.4) is 0 Å². The van der Waals surface area contributed by atoms with E-state index < -0.39 is 0 Å². The highest BCUT2D eigenvalue weighted by molar-refractivity contribution is 6.30. The number of aryl methyl sites for hydroxylation is 1. The third-order valence-corrected chi connectivity index (χ3v) is 4.01. The standard InChI is InChI=1S/C19H19ClN2O2/c20-16-6-8-17(9-7-16)24-14-19(23)21-11-3-12-22-13-10-15-4-1-2-5-18(15)22/h1-2,4-10,13H,3,11-12,14H2,(H,21,23). The van der Waals surface area contributed by atoms with Gasteiger partial charge in [-0.25, -0.2) is 0 Å². The number of hydrogen-bond donors (Lipinski definition) is 1. The summed E-state index contributed by atoms with van der Waals surface area (Å²) in [6.45, 7) is 1.50. The molecule has 3 aromatic rings. The number of carbonyl (C=O) groups is 1. The first-order valence-corrected chi connectivity index (χ1v) is 8.29. The van der Waals surface area contributed by atoms with Crippen LogP contribution in [0.25, 0.3) is 10.9 Å². The Morgan fingerprint density at radius 2 is 1.88 bits per heavy atom. The first-order valence-electron chi connectivity index (χ1n) is 7.91. The van der Waals surface area contributed by atoms with Crippen molar-refractivity contribution in [3.8, 4) is 5.75 Å². The van der Waals surface area contributed by atoms with Crippen LogP contribution in [0.1, 0.15) is 6.42 Å². The van der Waals surface area contributed by atoms with Crippen LogP contribution in [-0.4, -0.2) is 23.6 Å². The summed E-state index contributed by atoms with van der Waals surface area (Å²) in [5.41, 5.74) is 1.22. The Labute approximate surface area is 146 Å². The first-order chi connectivity index (χ1) is 11.7. The highest BCUT2D eigenvalue weighted by atomic mass is 35.5. The third-order valence-electron chi connectivity index (χ3n) is 3.76. The molecule has 0 saturated heterocycles. The van der Waals surface area contributed by atoms with Crippen LogP contribution in [0.15, 0.2) is 60.8 Å². The summed E-state index contributed by atoms with van der Waals surface area (Å²) in [6.07, 6.45) is 2.95. The van der Waals surface area contributed by atoms with Crippen molar-refractivity contribution in [2.75, 3.05) is 13.2 Å². The van der Waals surface area contributed by atoms with E-state index in [9.17, 15) is 4.79 Å². The van der Waals surface area contributed by atoms with Crippen molar-refractivity contribution < 1.29 is 9.53 Å². The van der Waals surface area contributed by atoms with E-state index in [2.05, 4.69) is 34.3 Å². The number of ether oxygens (including phenoxy) is 1. The predicted octanol–water partition coefficient (Wildman–Crippen LogP) is 3.88. The summed E-state index contributed by atoms with van der Waals surface area (Å²) in [5.74, 6) is 0.510. The molecule has 24 heavy (non-hydrogen) atoms. The fourth-order valence-corrected chi connectivity index (χ4v) is 2.67. The topological polar surface area (TPSA) is 43.3 Å². The molecule has 1 N–H and O–H groups in total. The van der Waals surface area contributed by atoms with Crippen molar-refractivity contribution >= 4 is 28.4 Å². The van der Waals surface area contributed by atoms with Crippen LogP contribution in [-0.2, 0) is 11.3 Å². The van der Waals surface area contributed by atoms with Gasteiger partial charge in [0, 0.05) is 29.8 Å². The number of carbonyl (C=O) groups excluding carboxylic acids is 1. The molecule has 3 rings (SSSR count). The van der Waals surface area contributed by atoms with E-state index in [1.165, 1.54) is 10.9 Å². The molecule has 0 aliphatic rings. The first kappa shape index (κ1) is 16.4. The quantitative estimate of drug-likeness (QED) is 0.662. The molecule has 0 fully saturated rings. The lowest BCUT2D eigenvalue weighted by molar-refractivity contribution is -0.123. The molecule has 0 aliphatic carbocycles. The van der Waals surface area contributed by atoms with Gasteiger partial charge < -0.3 is 14.6 Å². The van der Waals surface area contributed by atoms with Crippen LogP contribution in [0.2, 0.25) is 5.02 Å². The van der Waals surface area contributed by atoms with Crippen molar-refractivity contribution in [1.82, 2.24) is 9.88 Å². The third kappa shape index (κ3) is 4.30. The molecule has 0 saturated carbocycles. The molecule has 0 aliphatic heterocycles. The van der Waals surface area contributed by atoms with Crippen LogP contribution in [0.5, 0.6) is 5.75 Å². The van der Waals surface area contributed by atoms with Gasteiger partial charge in [0.25, 0.3) is 5.91 Å². The summed E-state index contributed by atoms with van der Waals surface area (Å²) in [7, 11) is 0. The molecule has 1 amide bonds. The van der Waals surface area contributed by atoms with Crippen molar-refractivity contribution in [2.24, 2.45) is 0 Å². The van der Waals surface area contributed by atoms with Crippen molar-refractivity contribution in [3.05, 3.63) is 65.8 Å². The minimum absolute atomic E-state index is 0.00802. The molecule has 0 unspecified atom stereocenters. The summed E-state index contributed by atoms with van der Waals surface area (Å²) in [5, 5.41) is 4.75. The van der Waals surface area contributed by atoms with Gasteiger partial charge in [-0.1, -0.05) is 29.8 Å². The van der Waals surface area contributed by atoms with E-state index in [4.69, 9.17) is 16.3 Å². The Bertz CT molecular complexity index is 812. The fourth-order valence-electron chi connectivity index (χ4n) is 2.54. The predicted molar refractivity (Wildman–Crippen MR) is 96.5 cm³/mol. The molecule has 0 bridgehead atoms. The lowest BCUT2D eigenvalue weighted by Crippen LogP contribution is -2.30. The summed E-state index contributed by atoms with van der Waals surface area (Å²) >= 11 is 5.80. The van der Waals surface area contributed by atoms with E-state index in [1.54, 1.807) is 24.3 Å². The summed E-state index contributed by atoms with van der Waals surface area (Å²) in [6, 6.07) is 17.3. The number of rotatable bonds is 7. The maximum absolute atomic E-state index is 11.8. The second-order valence-electron chi connectivity index (χ2n) is 5.51. The molecule has 1 heterocycles. The second-order valence-corrected chi connectivity index (χ2v) is 5.95. The molecular formula is C19H19ClN2O2. The van der Waals surface area contributed by atoms with Gasteiger partial charge in [-0.2, -0.15) is 0 Å². The SMILES string of the molecule is O=C(COc1ccc(Cl)cc1)NCCCn1ccc2ccccc21. The van der Waals surface area contributed by atoms with Gasteiger partial charge in [0.05, 0.1) is 0 Å². The number of halogens is 1. The van der Waals surface area contributed by atoms with Gasteiger partial charge in [-0.15, -0.1) is 0 Å². The van der Waals surface area contributed by atoms with Gasteiger partial charge in [-0.3, -0.25) is 4.79 Å². The maximum atomic E-state index is 11.8. The molecule has 0 radical (unpaired) electrons. The number of fused-ring (bicyclic) bond motifs is 1. The minimum atomic E-state index is -0.123. The molecule has 0 atom stereocenters. The van der Waals surface area contributed by atoms with Gasteiger partial charge in [0.2, 0.25) is 0 Å². The molecule has 5 heteroatoms. The number of para-hydroxylation sites is 1. The summed E-state index contributed by atoms with van der Waals surface area (Å²) < 4.78 is 7.61. The van der Waals surface area contributed by atoms with E-state index in [0.717, 1.165) is 13.0 Å². The lowest BCUT2D eigenvalue weighted by atomic mass is 10.2. The van der Waals surface area contributed by atoms with Crippen LogP contribution >= 0.6 is 11.6 Å². The number of amides is 1. The zero-order valence-electron chi connectivity index (χ0n) is 13.2. The maximum Gasteiger partial charge on any atom is 0.257 e. The Morgan fingerprint density at radius 1 is 1.08 bits per heavy atom. The average molecular weight is 343 g/mol. The van der Waals surface area contributed by atoms with E-state index in [0.29, 0.717) is 17.3 Å². The van der Waals surface area contributed by atoms with Gasteiger partial charge >= 0.3 is 0 Å². The Kier molecular flexibility index (Phi) is 5.39. The molecular weight excluding hydrogens is 324 g/mol. The number of nitrogens with zero attached hydrogens (tertiary/aromatic N) is 1. The molecule has 1 aromatic heterocycles. The zero-order chi connectivity index (χ0) is 16.8. The van der Waals surface area contributed by atoms with Crippen molar-refractivity contribution in [2.45, 2.75) is 13.0 Å². The highest BCUT2D eigenvalue weighted by Gasteiger charge is 2.03. The van der Waals surface area contributed by atoms with E-state index >= 15 is 0 Å². The lowest BCUT2D eigenvalue weighted by Gasteiger charge is -2.08. The van der Waals surface area contributed by atoms with Gasteiger partial charge in [0.1, 0.15) is 5.75 Å². The molecule has 0 spiro atoms. The Morgan fingerprint density at radius 3 is 2.71 bits per heavy atom. The van der Waals surface area contributed by atoms with Gasteiger partial charge in [-0.05, 0) is 48.2 Å². The van der Waals surface area contributed by atoms with Gasteiger partial charge in [0.15, 0.2) is 6.61 Å². The number of nitrogens with one attached hydrogen (secondary N) is 1. The molecule has 4 nitrogen and oxygen atoms in total. The molecule has 2 aromatic carbocycles. The monoisotopic (exact) mass is 342 g/mol. The fraction of sp³-hybridized carbons (Fsp3) is 0.211. The number of aromatic nitrogens is 1. The summed E-state index contributed by atoms with van der Waals surface area (Å²) in [4.78, 5) is 11.8. The van der Waals surface area contributed by atoms with E-state index in [-0.39, 0.29) is 12.5 Å². The van der Waals surface area contributed by atoms with Crippen LogP contribution < -0.4 is 10.1 Å². The van der Waals surface area contributed by atoms with E-state index in [1.807, 2.05) is 12.1 Å². The molecule has 124 valence electrons. The minimum Gasteiger partial charge on any atom is -0.484 e. The second kappa shape index (κ2) is 7.88. The number of benzene rings is 2.